The first kappa shape index (κ1) is 16.8. The molecule has 0 radical (unpaired) electrons. The topological polar surface area (TPSA) is 56.7 Å². The lowest BCUT2D eigenvalue weighted by molar-refractivity contribution is 0.464. The van der Waals surface area contributed by atoms with E-state index in [1.807, 2.05) is 6.07 Å². The number of aliphatic imine (C=N–C) groups is 1. The molecule has 2 aromatic rings. The van der Waals surface area contributed by atoms with Crippen molar-refractivity contribution in [3.63, 3.8) is 0 Å². The van der Waals surface area contributed by atoms with Gasteiger partial charge >= 0.3 is 0 Å². The summed E-state index contributed by atoms with van der Waals surface area (Å²) in [4.78, 5) is 5.61. The molecule has 4 nitrogen and oxygen atoms in total. The predicted octanol–water partition coefficient (Wildman–Crippen LogP) is 3.51. The number of thiophene rings is 1. The number of hydrogen-bond donors (Lipinski definition) is 3. The SMILES string of the molecule is CN=C(NCc1sccc1C)NCc1c(O)ccc2c1CCCC2. The largest absolute Gasteiger partial charge is 0.508 e. The van der Waals surface area contributed by atoms with Gasteiger partial charge in [0.15, 0.2) is 5.96 Å². The Balaban J connectivity index is 1.65. The number of benzene rings is 1. The van der Waals surface area contributed by atoms with Crippen LogP contribution in [0.15, 0.2) is 28.6 Å². The van der Waals surface area contributed by atoms with E-state index in [9.17, 15) is 5.11 Å². The zero-order chi connectivity index (χ0) is 16.9. The summed E-state index contributed by atoms with van der Waals surface area (Å²) in [6, 6.07) is 6.03. The highest BCUT2D eigenvalue weighted by atomic mass is 32.1. The summed E-state index contributed by atoms with van der Waals surface area (Å²) in [7, 11) is 1.77. The molecular weight excluding hydrogens is 318 g/mol. The zero-order valence-electron chi connectivity index (χ0n) is 14.4. The quantitative estimate of drug-likeness (QED) is 0.588. The van der Waals surface area contributed by atoms with Gasteiger partial charge < -0.3 is 15.7 Å². The van der Waals surface area contributed by atoms with Gasteiger partial charge in [0.2, 0.25) is 0 Å². The summed E-state index contributed by atoms with van der Waals surface area (Å²) in [6.45, 7) is 3.48. The number of phenols is 1. The van der Waals surface area contributed by atoms with Gasteiger partial charge in [-0.1, -0.05) is 6.07 Å². The summed E-state index contributed by atoms with van der Waals surface area (Å²) in [6.07, 6.45) is 4.62. The Hall–Kier alpha value is -2.01. The predicted molar refractivity (Wildman–Crippen MR) is 101 cm³/mol. The molecule has 1 aromatic carbocycles. The monoisotopic (exact) mass is 343 g/mol. The van der Waals surface area contributed by atoms with Crippen LogP contribution in [0.5, 0.6) is 5.75 Å². The highest BCUT2D eigenvalue weighted by Gasteiger charge is 2.16. The number of fused-ring (bicyclic) bond motifs is 1. The van der Waals surface area contributed by atoms with Crippen LogP contribution in [0.25, 0.3) is 0 Å². The van der Waals surface area contributed by atoms with Crippen molar-refractivity contribution in [2.45, 2.75) is 45.7 Å². The van der Waals surface area contributed by atoms with Gasteiger partial charge in [-0.15, -0.1) is 11.3 Å². The lowest BCUT2D eigenvalue weighted by Gasteiger charge is -2.21. The van der Waals surface area contributed by atoms with Gasteiger partial charge in [-0.05, 0) is 66.8 Å². The summed E-state index contributed by atoms with van der Waals surface area (Å²) < 4.78 is 0. The molecule has 0 saturated carbocycles. The Kier molecular flexibility index (Phi) is 5.41. The van der Waals surface area contributed by atoms with Gasteiger partial charge in [0.05, 0.1) is 6.54 Å². The normalized spacial score (nSPS) is 14.3. The van der Waals surface area contributed by atoms with Crippen molar-refractivity contribution in [1.29, 1.82) is 0 Å². The molecule has 0 fully saturated rings. The Bertz CT molecular complexity index is 736. The summed E-state index contributed by atoms with van der Waals surface area (Å²) in [5.74, 6) is 1.14. The molecule has 5 heteroatoms. The van der Waals surface area contributed by atoms with Crippen molar-refractivity contribution in [2.24, 2.45) is 4.99 Å². The van der Waals surface area contributed by atoms with Crippen molar-refractivity contribution >= 4 is 17.3 Å². The van der Waals surface area contributed by atoms with Gasteiger partial charge in [-0.2, -0.15) is 0 Å². The van der Waals surface area contributed by atoms with Crippen LogP contribution in [-0.4, -0.2) is 18.1 Å². The van der Waals surface area contributed by atoms with Crippen LogP contribution in [0, 0.1) is 6.92 Å². The molecule has 128 valence electrons. The first-order valence-electron chi connectivity index (χ1n) is 8.49. The second-order valence-corrected chi connectivity index (χ2v) is 7.21. The summed E-state index contributed by atoms with van der Waals surface area (Å²) in [5, 5.41) is 19.1. The molecule has 1 aliphatic rings. The maximum atomic E-state index is 10.3. The van der Waals surface area contributed by atoms with Crippen LogP contribution < -0.4 is 10.6 Å². The highest BCUT2D eigenvalue weighted by molar-refractivity contribution is 7.10. The minimum atomic E-state index is 0.382. The van der Waals surface area contributed by atoms with Gasteiger partial charge in [0.1, 0.15) is 5.75 Å². The Morgan fingerprint density at radius 2 is 1.96 bits per heavy atom. The van der Waals surface area contributed by atoms with Crippen molar-refractivity contribution in [3.05, 3.63) is 50.7 Å². The minimum Gasteiger partial charge on any atom is -0.508 e. The van der Waals surface area contributed by atoms with Crippen LogP contribution in [-0.2, 0) is 25.9 Å². The van der Waals surface area contributed by atoms with Crippen LogP contribution in [0.4, 0.5) is 0 Å². The van der Waals surface area contributed by atoms with E-state index >= 15 is 0 Å². The molecule has 0 spiro atoms. The molecule has 3 rings (SSSR count). The third kappa shape index (κ3) is 3.73. The third-order valence-electron chi connectivity index (χ3n) is 4.67. The van der Waals surface area contributed by atoms with Crippen LogP contribution in [0.3, 0.4) is 0 Å². The maximum absolute atomic E-state index is 10.3. The number of aryl methyl sites for hydroxylation is 2. The highest BCUT2D eigenvalue weighted by Crippen LogP contribution is 2.30. The van der Waals surface area contributed by atoms with E-state index in [2.05, 4.69) is 40.1 Å². The number of nitrogens with zero attached hydrogens (tertiary/aromatic N) is 1. The molecule has 0 bridgehead atoms. The second kappa shape index (κ2) is 7.71. The Morgan fingerprint density at radius 1 is 1.17 bits per heavy atom. The van der Waals surface area contributed by atoms with E-state index in [0.29, 0.717) is 12.3 Å². The smallest absolute Gasteiger partial charge is 0.191 e. The van der Waals surface area contributed by atoms with Crippen molar-refractivity contribution in [1.82, 2.24) is 10.6 Å². The van der Waals surface area contributed by atoms with Gasteiger partial charge in [0.25, 0.3) is 0 Å². The maximum Gasteiger partial charge on any atom is 0.191 e. The molecular formula is C19H25N3OS. The van der Waals surface area contributed by atoms with E-state index in [0.717, 1.165) is 30.9 Å². The number of rotatable bonds is 4. The zero-order valence-corrected chi connectivity index (χ0v) is 15.2. The lowest BCUT2D eigenvalue weighted by atomic mass is 9.88. The number of aromatic hydroxyl groups is 1. The Morgan fingerprint density at radius 3 is 2.71 bits per heavy atom. The van der Waals surface area contributed by atoms with Crippen LogP contribution in [0.1, 0.15) is 40.0 Å². The lowest BCUT2D eigenvalue weighted by Crippen LogP contribution is -2.36. The van der Waals surface area contributed by atoms with Crippen molar-refractivity contribution in [3.8, 4) is 5.75 Å². The fourth-order valence-electron chi connectivity index (χ4n) is 3.23. The molecule has 1 aromatic heterocycles. The first-order chi connectivity index (χ1) is 11.7. The molecule has 1 heterocycles. The number of nitrogens with one attached hydrogen (secondary N) is 2. The summed E-state index contributed by atoms with van der Waals surface area (Å²) in [5.41, 5.74) is 5.02. The molecule has 0 amide bonds. The third-order valence-corrected chi connectivity index (χ3v) is 5.69. The van der Waals surface area contributed by atoms with E-state index in [1.54, 1.807) is 18.4 Å². The number of guanidine groups is 1. The minimum absolute atomic E-state index is 0.382. The Labute approximate surface area is 147 Å². The van der Waals surface area contributed by atoms with E-state index in [1.165, 1.54) is 34.4 Å². The standard InChI is InChI=1S/C19H25N3OS/c1-13-9-10-24-18(13)12-22-19(20-2)21-11-16-15-6-4-3-5-14(15)7-8-17(16)23/h7-10,23H,3-6,11-12H2,1-2H3,(H2,20,21,22). The van der Waals surface area contributed by atoms with Gasteiger partial charge in [0, 0.05) is 24.0 Å². The molecule has 0 atom stereocenters. The first-order valence-corrected chi connectivity index (χ1v) is 9.37. The fourth-order valence-corrected chi connectivity index (χ4v) is 4.08. The number of hydrogen-bond acceptors (Lipinski definition) is 3. The summed E-state index contributed by atoms with van der Waals surface area (Å²) >= 11 is 1.75. The average Bonchev–Trinajstić information content (AvgIpc) is 3.01. The van der Waals surface area contributed by atoms with Gasteiger partial charge in [-0.3, -0.25) is 4.99 Å². The molecule has 24 heavy (non-hydrogen) atoms. The van der Waals surface area contributed by atoms with Gasteiger partial charge in [-0.25, -0.2) is 0 Å². The van der Waals surface area contributed by atoms with Crippen molar-refractivity contribution in [2.75, 3.05) is 7.05 Å². The molecule has 1 aliphatic carbocycles. The molecule has 0 aliphatic heterocycles. The van der Waals surface area contributed by atoms with Crippen molar-refractivity contribution < 1.29 is 5.11 Å². The van der Waals surface area contributed by atoms with E-state index < -0.39 is 0 Å². The van der Waals surface area contributed by atoms with Crippen LogP contribution >= 0.6 is 11.3 Å². The molecule has 3 N–H and O–H groups in total. The molecule has 0 unspecified atom stereocenters. The average molecular weight is 343 g/mol. The van der Waals surface area contributed by atoms with E-state index in [-0.39, 0.29) is 0 Å². The van der Waals surface area contributed by atoms with Crippen LogP contribution in [0.2, 0.25) is 0 Å². The number of phenolic OH excluding ortho intramolecular Hbond substituents is 1. The fraction of sp³-hybridized carbons (Fsp3) is 0.421. The van der Waals surface area contributed by atoms with E-state index in [4.69, 9.17) is 0 Å². The molecule has 0 saturated heterocycles. The second-order valence-electron chi connectivity index (χ2n) is 6.21.